The Bertz CT molecular complexity index is 545. The minimum Gasteiger partial charge on any atom is -0.444 e. The maximum absolute atomic E-state index is 12.6. The first-order valence-electron chi connectivity index (χ1n) is 10.3. The fraction of sp³-hybridized carbons (Fsp3) is 0.850. The Balaban J connectivity index is 2.68. The molecule has 1 rings (SSSR count). The molecule has 162 valence electrons. The number of carbonyl (C=O) groups is 3. The van der Waals surface area contributed by atoms with Gasteiger partial charge < -0.3 is 15.0 Å². The number of likely N-dealkylation sites (tertiary alicyclic amines) is 1. The van der Waals surface area contributed by atoms with E-state index in [9.17, 15) is 14.4 Å². The van der Waals surface area contributed by atoms with Crippen LogP contribution in [0.1, 0.15) is 61.3 Å². The Morgan fingerprint density at radius 3 is 2.39 bits per heavy atom. The molecule has 0 aromatic carbocycles. The molecule has 1 saturated heterocycles. The molecule has 1 fully saturated rings. The Labute approximate surface area is 169 Å². The Morgan fingerprint density at radius 2 is 1.86 bits per heavy atom. The average Bonchev–Trinajstić information content (AvgIpc) is 2.57. The van der Waals surface area contributed by atoms with E-state index in [1.807, 2.05) is 41.5 Å². The highest BCUT2D eigenvalue weighted by Crippen LogP contribution is 2.22. The van der Waals surface area contributed by atoms with Gasteiger partial charge in [-0.2, -0.15) is 0 Å². The molecule has 2 N–H and O–H groups in total. The van der Waals surface area contributed by atoms with Crippen LogP contribution in [0.5, 0.6) is 0 Å². The van der Waals surface area contributed by atoms with Gasteiger partial charge in [0.2, 0.25) is 5.91 Å². The van der Waals surface area contributed by atoms with Crippen LogP contribution in [-0.4, -0.2) is 71.7 Å². The Morgan fingerprint density at radius 1 is 1.21 bits per heavy atom. The van der Waals surface area contributed by atoms with Crippen LogP contribution in [-0.2, 0) is 9.53 Å². The molecule has 2 unspecified atom stereocenters. The molecule has 0 aliphatic carbocycles. The summed E-state index contributed by atoms with van der Waals surface area (Å²) in [6.45, 7) is 15.7. The number of hydrogen-bond donors (Lipinski definition) is 2. The fourth-order valence-corrected chi connectivity index (χ4v) is 3.28. The van der Waals surface area contributed by atoms with Crippen molar-refractivity contribution < 1.29 is 19.1 Å². The van der Waals surface area contributed by atoms with Crippen molar-refractivity contribution in [2.24, 2.45) is 5.92 Å². The van der Waals surface area contributed by atoms with Crippen molar-refractivity contribution in [1.29, 1.82) is 0 Å². The summed E-state index contributed by atoms with van der Waals surface area (Å²) in [6, 6.07) is -0.841. The van der Waals surface area contributed by atoms with Gasteiger partial charge in [0.1, 0.15) is 5.60 Å². The lowest BCUT2D eigenvalue weighted by atomic mass is 9.95. The summed E-state index contributed by atoms with van der Waals surface area (Å²) >= 11 is 0. The number of imide groups is 1. The number of nitrogens with zero attached hydrogens (tertiary/aromatic N) is 2. The molecule has 0 aromatic rings. The minimum absolute atomic E-state index is 0.0312. The van der Waals surface area contributed by atoms with E-state index in [0.717, 1.165) is 19.4 Å². The second-order valence-corrected chi connectivity index (χ2v) is 8.75. The highest BCUT2D eigenvalue weighted by atomic mass is 16.6. The largest absolute Gasteiger partial charge is 0.444 e. The van der Waals surface area contributed by atoms with Crippen molar-refractivity contribution in [2.45, 2.75) is 79.0 Å². The van der Waals surface area contributed by atoms with Crippen LogP contribution in [0.2, 0.25) is 0 Å². The lowest BCUT2D eigenvalue weighted by Gasteiger charge is -2.39. The molecule has 28 heavy (non-hydrogen) atoms. The molecule has 1 aliphatic heterocycles. The van der Waals surface area contributed by atoms with Crippen LogP contribution >= 0.6 is 0 Å². The zero-order valence-corrected chi connectivity index (χ0v) is 18.5. The number of carbonyl (C=O) groups excluding carboxylic acids is 3. The van der Waals surface area contributed by atoms with Crippen LogP contribution in [0.4, 0.5) is 9.59 Å². The quantitative estimate of drug-likeness (QED) is 0.718. The fourth-order valence-electron chi connectivity index (χ4n) is 3.28. The molecule has 1 aliphatic rings. The molecule has 0 bridgehead atoms. The molecule has 0 saturated carbocycles. The van der Waals surface area contributed by atoms with Gasteiger partial charge in [-0.25, -0.2) is 9.59 Å². The molecule has 0 spiro atoms. The maximum atomic E-state index is 12.6. The normalized spacial score (nSPS) is 19.1. The molecular weight excluding hydrogens is 360 g/mol. The number of urea groups is 1. The Kier molecular flexibility index (Phi) is 9.20. The van der Waals surface area contributed by atoms with Crippen LogP contribution in [0.15, 0.2) is 0 Å². The van der Waals surface area contributed by atoms with Crippen molar-refractivity contribution in [2.75, 3.05) is 26.2 Å². The van der Waals surface area contributed by atoms with E-state index in [4.69, 9.17) is 4.74 Å². The lowest BCUT2D eigenvalue weighted by Crippen LogP contribution is -2.53. The molecule has 8 heteroatoms. The van der Waals surface area contributed by atoms with Crippen LogP contribution in [0, 0.1) is 5.92 Å². The van der Waals surface area contributed by atoms with E-state index in [1.165, 1.54) is 0 Å². The number of piperidine rings is 1. The van der Waals surface area contributed by atoms with E-state index in [-0.39, 0.29) is 24.0 Å². The van der Waals surface area contributed by atoms with Gasteiger partial charge in [0.05, 0.1) is 6.04 Å². The summed E-state index contributed by atoms with van der Waals surface area (Å²) in [5, 5.41) is 4.95. The molecule has 8 nitrogen and oxygen atoms in total. The Hall–Kier alpha value is -1.83. The molecule has 4 amide bonds. The van der Waals surface area contributed by atoms with Gasteiger partial charge in [-0.1, -0.05) is 0 Å². The zero-order chi connectivity index (χ0) is 21.5. The number of ether oxygens (including phenoxy) is 1. The molecule has 2 atom stereocenters. The third kappa shape index (κ3) is 8.04. The molecule has 1 heterocycles. The number of amides is 4. The number of hydrogen-bond acceptors (Lipinski definition) is 5. The van der Waals surface area contributed by atoms with E-state index in [0.29, 0.717) is 19.6 Å². The zero-order valence-electron chi connectivity index (χ0n) is 18.5. The summed E-state index contributed by atoms with van der Waals surface area (Å²) in [7, 11) is 0. The van der Waals surface area contributed by atoms with Crippen LogP contribution < -0.4 is 10.6 Å². The minimum atomic E-state index is -0.533. The highest BCUT2D eigenvalue weighted by molar-refractivity contribution is 5.96. The van der Waals surface area contributed by atoms with Crippen molar-refractivity contribution >= 4 is 18.0 Å². The van der Waals surface area contributed by atoms with E-state index in [1.54, 1.807) is 11.8 Å². The number of rotatable bonds is 6. The third-order valence-corrected chi connectivity index (χ3v) is 4.76. The highest BCUT2D eigenvalue weighted by Gasteiger charge is 2.32. The van der Waals surface area contributed by atoms with Crippen molar-refractivity contribution in [1.82, 2.24) is 20.4 Å². The second kappa shape index (κ2) is 10.6. The molecule has 0 aromatic heterocycles. The van der Waals surface area contributed by atoms with Crippen LogP contribution in [0.3, 0.4) is 0 Å². The van der Waals surface area contributed by atoms with E-state index >= 15 is 0 Å². The van der Waals surface area contributed by atoms with Gasteiger partial charge in [0.25, 0.3) is 0 Å². The predicted octanol–water partition coefficient (Wildman–Crippen LogP) is 2.58. The van der Waals surface area contributed by atoms with E-state index < -0.39 is 17.7 Å². The standard InChI is InChI=1S/C20H38N4O4/c1-8-21-18(26)22-17(25)15(4)23-11-9-10-16(12-23)13-24(14(2)3)19(27)28-20(5,6)7/h14-16H,8-13H2,1-7H3,(H2,21,22,25,26). The molecular formula is C20H38N4O4. The number of nitrogens with one attached hydrogen (secondary N) is 2. The SMILES string of the molecule is CCNC(=O)NC(=O)C(C)N1CCCC(CN(C(=O)OC(C)(C)C)C(C)C)C1. The predicted molar refractivity (Wildman–Crippen MR) is 109 cm³/mol. The van der Waals surface area contributed by atoms with Crippen LogP contribution in [0.25, 0.3) is 0 Å². The van der Waals surface area contributed by atoms with Gasteiger partial charge in [-0.05, 0) is 73.8 Å². The summed E-state index contributed by atoms with van der Waals surface area (Å²) < 4.78 is 5.55. The van der Waals surface area contributed by atoms with Gasteiger partial charge in [0.15, 0.2) is 0 Å². The lowest BCUT2D eigenvalue weighted by molar-refractivity contribution is -0.125. The summed E-state index contributed by atoms with van der Waals surface area (Å²) in [5.41, 5.74) is -0.533. The summed E-state index contributed by atoms with van der Waals surface area (Å²) in [5.74, 6) is -0.0529. The van der Waals surface area contributed by atoms with Crippen molar-refractivity contribution in [3.63, 3.8) is 0 Å². The summed E-state index contributed by atoms with van der Waals surface area (Å²) in [6.07, 6.45) is 1.64. The van der Waals surface area contributed by atoms with Gasteiger partial charge in [-0.3, -0.25) is 15.0 Å². The summed E-state index contributed by atoms with van der Waals surface area (Å²) in [4.78, 5) is 40.3. The van der Waals surface area contributed by atoms with Gasteiger partial charge >= 0.3 is 12.1 Å². The smallest absolute Gasteiger partial charge is 0.410 e. The van der Waals surface area contributed by atoms with Crippen molar-refractivity contribution in [3.8, 4) is 0 Å². The van der Waals surface area contributed by atoms with Crippen molar-refractivity contribution in [3.05, 3.63) is 0 Å². The van der Waals surface area contributed by atoms with E-state index in [2.05, 4.69) is 15.5 Å². The first kappa shape index (κ1) is 24.2. The first-order chi connectivity index (χ1) is 12.9. The third-order valence-electron chi connectivity index (χ3n) is 4.76. The maximum Gasteiger partial charge on any atom is 0.410 e. The molecule has 0 radical (unpaired) electrons. The monoisotopic (exact) mass is 398 g/mol. The average molecular weight is 399 g/mol. The first-order valence-corrected chi connectivity index (χ1v) is 10.3. The van der Waals surface area contributed by atoms with Gasteiger partial charge in [-0.15, -0.1) is 0 Å². The van der Waals surface area contributed by atoms with Gasteiger partial charge in [0, 0.05) is 25.7 Å². The topological polar surface area (TPSA) is 91.0 Å². The second-order valence-electron chi connectivity index (χ2n) is 8.75.